The van der Waals surface area contributed by atoms with Crippen LogP contribution in [0, 0.1) is 0 Å². The van der Waals surface area contributed by atoms with E-state index < -0.39 is 18.6 Å². The third-order valence-corrected chi connectivity index (χ3v) is 2.30. The van der Waals surface area contributed by atoms with E-state index in [4.69, 9.17) is 16.7 Å². The number of benzene rings is 1. The zero-order valence-corrected chi connectivity index (χ0v) is 10.0. The predicted octanol–water partition coefficient (Wildman–Crippen LogP) is 2.64. The van der Waals surface area contributed by atoms with Crippen LogP contribution in [0.5, 0.6) is 5.75 Å². The third kappa shape index (κ3) is 4.44. The Labute approximate surface area is 107 Å². The summed E-state index contributed by atoms with van der Waals surface area (Å²) in [4.78, 5) is 12.4. The molecule has 0 aliphatic heterocycles. The molecule has 18 heavy (non-hydrogen) atoms. The summed E-state index contributed by atoms with van der Waals surface area (Å²) in [5.41, 5.74) is 0.0715. The fourth-order valence-electron chi connectivity index (χ4n) is 1.36. The van der Waals surface area contributed by atoms with Crippen molar-refractivity contribution in [2.75, 3.05) is 19.0 Å². The molecular weight excluding hydrogens is 271 g/mol. The van der Waals surface area contributed by atoms with Crippen LogP contribution in [-0.2, 0) is 0 Å². The number of alkyl halides is 4. The molecule has 0 aromatic heterocycles. The zero-order valence-electron chi connectivity index (χ0n) is 9.25. The molecule has 0 unspecified atom stereocenters. The summed E-state index contributed by atoms with van der Waals surface area (Å²) in [5.74, 6) is -0.917. The van der Waals surface area contributed by atoms with E-state index in [1.807, 2.05) is 0 Å². The van der Waals surface area contributed by atoms with Crippen LogP contribution in [0.3, 0.4) is 0 Å². The van der Waals surface area contributed by atoms with Crippen LogP contribution in [0.1, 0.15) is 10.4 Å². The molecule has 0 spiro atoms. The van der Waals surface area contributed by atoms with Crippen molar-refractivity contribution in [3.05, 3.63) is 29.8 Å². The summed E-state index contributed by atoms with van der Waals surface area (Å²) in [5, 5.41) is 9.04. The number of nitrogens with zero attached hydrogens (tertiary/aromatic N) is 1. The van der Waals surface area contributed by atoms with Crippen LogP contribution in [0.25, 0.3) is 0 Å². The van der Waals surface area contributed by atoms with E-state index in [0.29, 0.717) is 4.90 Å². The Hall–Kier alpha value is -1.43. The second kappa shape index (κ2) is 5.95. The lowest BCUT2D eigenvalue weighted by Crippen LogP contribution is -2.40. The topological polar surface area (TPSA) is 40.5 Å². The number of aromatic hydroxyl groups is 1. The number of carbonyl (C=O) groups is 1. The first kappa shape index (κ1) is 14.6. The van der Waals surface area contributed by atoms with Crippen molar-refractivity contribution in [3.8, 4) is 5.75 Å². The van der Waals surface area contributed by atoms with Gasteiger partial charge in [0.2, 0.25) is 0 Å². The van der Waals surface area contributed by atoms with Crippen LogP contribution >= 0.6 is 11.6 Å². The summed E-state index contributed by atoms with van der Waals surface area (Å²) in [7, 11) is 0. The van der Waals surface area contributed by atoms with Gasteiger partial charge in [-0.05, 0) is 24.3 Å². The Balaban J connectivity index is 2.85. The largest absolute Gasteiger partial charge is 0.508 e. The van der Waals surface area contributed by atoms with Gasteiger partial charge in [0.25, 0.3) is 5.91 Å². The molecule has 0 heterocycles. The lowest BCUT2D eigenvalue weighted by Gasteiger charge is -2.23. The Bertz CT molecular complexity index is 406. The molecule has 0 aliphatic rings. The van der Waals surface area contributed by atoms with Gasteiger partial charge in [-0.2, -0.15) is 13.2 Å². The lowest BCUT2D eigenvalue weighted by atomic mass is 10.2. The zero-order chi connectivity index (χ0) is 13.8. The van der Waals surface area contributed by atoms with E-state index in [1.54, 1.807) is 0 Å². The normalized spacial score (nSPS) is 11.3. The van der Waals surface area contributed by atoms with Crippen molar-refractivity contribution < 1.29 is 23.1 Å². The van der Waals surface area contributed by atoms with Gasteiger partial charge in [-0.25, -0.2) is 0 Å². The highest BCUT2D eigenvalue weighted by Crippen LogP contribution is 2.19. The van der Waals surface area contributed by atoms with Gasteiger partial charge < -0.3 is 10.0 Å². The van der Waals surface area contributed by atoms with Gasteiger partial charge in [-0.1, -0.05) is 0 Å². The number of halogens is 4. The molecule has 7 heteroatoms. The molecule has 3 nitrogen and oxygen atoms in total. The Morgan fingerprint density at radius 3 is 2.28 bits per heavy atom. The van der Waals surface area contributed by atoms with E-state index in [9.17, 15) is 18.0 Å². The predicted molar refractivity (Wildman–Crippen MR) is 60.8 cm³/mol. The quantitative estimate of drug-likeness (QED) is 0.862. The van der Waals surface area contributed by atoms with E-state index in [0.717, 1.165) is 0 Å². The molecule has 0 atom stereocenters. The fraction of sp³-hybridized carbons (Fsp3) is 0.364. The van der Waals surface area contributed by atoms with E-state index >= 15 is 0 Å². The van der Waals surface area contributed by atoms with Crippen LogP contribution in [0.15, 0.2) is 24.3 Å². The minimum absolute atomic E-state index is 0.0636. The summed E-state index contributed by atoms with van der Waals surface area (Å²) < 4.78 is 36.9. The molecule has 1 amide bonds. The molecule has 0 aliphatic carbocycles. The van der Waals surface area contributed by atoms with Gasteiger partial charge in [-0.3, -0.25) is 4.79 Å². The number of hydrogen-bond acceptors (Lipinski definition) is 2. The van der Waals surface area contributed by atoms with Gasteiger partial charge in [0, 0.05) is 18.0 Å². The van der Waals surface area contributed by atoms with Crippen molar-refractivity contribution in [3.63, 3.8) is 0 Å². The van der Waals surface area contributed by atoms with Gasteiger partial charge in [0.15, 0.2) is 0 Å². The number of phenolic OH excluding ortho intramolecular Hbond substituents is 1. The molecule has 0 radical (unpaired) electrons. The Morgan fingerprint density at radius 2 is 1.83 bits per heavy atom. The van der Waals surface area contributed by atoms with Crippen molar-refractivity contribution in [2.45, 2.75) is 6.18 Å². The lowest BCUT2D eigenvalue weighted by molar-refractivity contribution is -0.140. The van der Waals surface area contributed by atoms with E-state index in [2.05, 4.69) is 0 Å². The average molecular weight is 282 g/mol. The maximum Gasteiger partial charge on any atom is 0.406 e. The maximum atomic E-state index is 12.3. The van der Waals surface area contributed by atoms with Crippen molar-refractivity contribution in [1.82, 2.24) is 4.90 Å². The van der Waals surface area contributed by atoms with Gasteiger partial charge in [-0.15, -0.1) is 11.6 Å². The third-order valence-electron chi connectivity index (χ3n) is 2.13. The summed E-state index contributed by atoms with van der Waals surface area (Å²) in [6.45, 7) is -1.54. The smallest absolute Gasteiger partial charge is 0.406 e. The second-order valence-electron chi connectivity index (χ2n) is 3.58. The Kier molecular flexibility index (Phi) is 4.84. The van der Waals surface area contributed by atoms with Crippen molar-refractivity contribution in [1.29, 1.82) is 0 Å². The molecule has 0 saturated heterocycles. The van der Waals surface area contributed by atoms with Crippen molar-refractivity contribution in [2.24, 2.45) is 0 Å². The summed E-state index contributed by atoms with van der Waals surface area (Å²) in [6, 6.07) is 4.99. The number of hydrogen-bond donors (Lipinski definition) is 1. The molecule has 0 bridgehead atoms. The van der Waals surface area contributed by atoms with Crippen LogP contribution < -0.4 is 0 Å². The van der Waals surface area contributed by atoms with Crippen LogP contribution in [0.4, 0.5) is 13.2 Å². The Morgan fingerprint density at radius 1 is 1.28 bits per heavy atom. The molecule has 0 saturated carbocycles. The standard InChI is InChI=1S/C11H11ClF3NO2/c12-5-6-16(7-11(13,14)15)10(18)8-1-3-9(17)4-2-8/h1-4,17H,5-7H2. The van der Waals surface area contributed by atoms with Crippen LogP contribution in [0.2, 0.25) is 0 Å². The molecule has 1 aromatic rings. The number of carbonyl (C=O) groups excluding carboxylic acids is 1. The van der Waals surface area contributed by atoms with E-state index in [-0.39, 0.29) is 23.7 Å². The number of amides is 1. The number of phenols is 1. The molecule has 1 N–H and O–H groups in total. The first-order chi connectivity index (χ1) is 8.33. The highest BCUT2D eigenvalue weighted by atomic mass is 35.5. The average Bonchev–Trinajstić information content (AvgIpc) is 2.27. The number of rotatable bonds is 4. The van der Waals surface area contributed by atoms with Crippen LogP contribution in [-0.4, -0.2) is 41.1 Å². The first-order valence-electron chi connectivity index (χ1n) is 5.04. The molecule has 100 valence electrons. The van der Waals surface area contributed by atoms with Gasteiger partial charge in [0.1, 0.15) is 12.3 Å². The fourth-order valence-corrected chi connectivity index (χ4v) is 1.56. The molecule has 0 fully saturated rings. The highest BCUT2D eigenvalue weighted by Gasteiger charge is 2.33. The molecule has 1 rings (SSSR count). The summed E-state index contributed by atoms with van der Waals surface area (Å²) >= 11 is 5.38. The first-order valence-corrected chi connectivity index (χ1v) is 5.58. The monoisotopic (exact) mass is 281 g/mol. The van der Waals surface area contributed by atoms with E-state index in [1.165, 1.54) is 24.3 Å². The van der Waals surface area contributed by atoms with Crippen molar-refractivity contribution >= 4 is 17.5 Å². The van der Waals surface area contributed by atoms with Gasteiger partial charge in [0.05, 0.1) is 0 Å². The minimum Gasteiger partial charge on any atom is -0.508 e. The maximum absolute atomic E-state index is 12.3. The van der Waals surface area contributed by atoms with Gasteiger partial charge >= 0.3 is 6.18 Å². The second-order valence-corrected chi connectivity index (χ2v) is 3.96. The SMILES string of the molecule is O=C(c1ccc(O)cc1)N(CCCl)CC(F)(F)F. The molecule has 1 aromatic carbocycles. The summed E-state index contributed by atoms with van der Waals surface area (Å²) in [6.07, 6.45) is -4.47. The highest BCUT2D eigenvalue weighted by molar-refractivity contribution is 6.18. The molecular formula is C11H11ClF3NO2. The minimum atomic E-state index is -4.47.